The minimum atomic E-state index is 0.186. The highest BCUT2D eigenvalue weighted by Gasteiger charge is 2.11. The molecule has 32 heavy (non-hydrogen) atoms. The van der Waals surface area contributed by atoms with Gasteiger partial charge in [0.05, 0.1) is 18.2 Å². The van der Waals surface area contributed by atoms with E-state index in [1.165, 1.54) is 16.9 Å². The fraction of sp³-hybridized carbons (Fsp3) is 0.200. The number of rotatable bonds is 7. The number of phenolic OH excluding ortho intramolecular Hbond substituents is 1. The van der Waals surface area contributed by atoms with Gasteiger partial charge in [-0.25, -0.2) is 9.67 Å². The van der Waals surface area contributed by atoms with E-state index in [2.05, 4.69) is 23.8 Å². The Kier molecular flexibility index (Phi) is 6.56. The molecule has 0 atom stereocenters. The quantitative estimate of drug-likeness (QED) is 0.366. The molecule has 2 aromatic carbocycles. The highest BCUT2D eigenvalue weighted by Crippen LogP contribution is 2.25. The van der Waals surface area contributed by atoms with Gasteiger partial charge in [0.25, 0.3) is 0 Å². The smallest absolute Gasteiger partial charge is 0.211 e. The predicted molar refractivity (Wildman–Crippen MR) is 131 cm³/mol. The number of benzene rings is 2. The van der Waals surface area contributed by atoms with Gasteiger partial charge in [-0.2, -0.15) is 5.10 Å². The van der Waals surface area contributed by atoms with Gasteiger partial charge in [0.2, 0.25) is 4.80 Å². The first-order valence-electron chi connectivity index (χ1n) is 10.6. The number of aromatic hydroxyl groups is 1. The molecule has 4 aromatic rings. The Labute approximate surface area is 191 Å². The highest BCUT2D eigenvalue weighted by atomic mass is 32.1. The van der Waals surface area contributed by atoms with Crippen molar-refractivity contribution in [2.24, 2.45) is 10.1 Å². The second-order valence-electron chi connectivity index (χ2n) is 7.30. The van der Waals surface area contributed by atoms with Crippen molar-refractivity contribution in [2.75, 3.05) is 18.0 Å². The van der Waals surface area contributed by atoms with Crippen molar-refractivity contribution in [1.29, 1.82) is 0 Å². The average molecular weight is 447 g/mol. The lowest BCUT2D eigenvalue weighted by Crippen LogP contribution is -2.21. The fourth-order valence-electron chi connectivity index (χ4n) is 3.36. The minimum Gasteiger partial charge on any atom is -0.507 e. The third-order valence-electron chi connectivity index (χ3n) is 5.17. The Morgan fingerprint density at radius 2 is 1.88 bits per heavy atom. The molecule has 0 amide bonds. The van der Waals surface area contributed by atoms with Crippen LogP contribution in [0.4, 0.5) is 11.4 Å². The van der Waals surface area contributed by atoms with E-state index in [9.17, 15) is 5.11 Å². The molecule has 0 radical (unpaired) electrons. The van der Waals surface area contributed by atoms with E-state index in [-0.39, 0.29) is 5.75 Å². The Bertz CT molecular complexity index is 1260. The molecule has 164 valence electrons. The topological polar surface area (TPSA) is 66.3 Å². The number of phenols is 1. The SMILES string of the molecule is CCN(CC)c1ccc(C=Nn2c(-c3ccco3)csc2=Nc2ccc(C)cc2)c(O)c1. The summed E-state index contributed by atoms with van der Waals surface area (Å²) in [6.45, 7) is 8.00. The Hall–Kier alpha value is -3.58. The van der Waals surface area contributed by atoms with Gasteiger partial charge >= 0.3 is 0 Å². The van der Waals surface area contributed by atoms with Crippen molar-refractivity contribution < 1.29 is 9.52 Å². The normalized spacial score (nSPS) is 12.0. The lowest BCUT2D eigenvalue weighted by Gasteiger charge is -2.21. The molecule has 0 aliphatic heterocycles. The van der Waals surface area contributed by atoms with Gasteiger partial charge in [0.1, 0.15) is 11.4 Å². The summed E-state index contributed by atoms with van der Waals surface area (Å²) in [5, 5.41) is 17.2. The van der Waals surface area contributed by atoms with Crippen LogP contribution in [0.15, 0.2) is 80.8 Å². The van der Waals surface area contributed by atoms with E-state index >= 15 is 0 Å². The standard InChI is InChI=1S/C25H26N4O2S/c1-4-28(5-2)21-13-10-19(23(30)15-21)16-26-29-22(24-7-6-14-31-24)17-32-25(29)27-20-11-8-18(3)9-12-20/h6-17,30H,4-5H2,1-3H3. The van der Waals surface area contributed by atoms with Crippen molar-refractivity contribution in [3.8, 4) is 17.2 Å². The van der Waals surface area contributed by atoms with Gasteiger partial charge in [0, 0.05) is 35.8 Å². The molecular formula is C25H26N4O2S. The summed E-state index contributed by atoms with van der Waals surface area (Å²) in [4.78, 5) is 7.65. The molecule has 0 saturated carbocycles. The maximum atomic E-state index is 10.6. The zero-order chi connectivity index (χ0) is 22.5. The Balaban J connectivity index is 1.74. The Morgan fingerprint density at radius 3 is 2.53 bits per heavy atom. The van der Waals surface area contributed by atoms with Crippen LogP contribution in [0.3, 0.4) is 0 Å². The van der Waals surface area contributed by atoms with Crippen LogP contribution < -0.4 is 9.70 Å². The molecule has 2 aromatic heterocycles. The van der Waals surface area contributed by atoms with E-state index in [4.69, 9.17) is 9.41 Å². The van der Waals surface area contributed by atoms with Crippen LogP contribution in [0.1, 0.15) is 25.0 Å². The molecule has 2 heterocycles. The number of aromatic nitrogens is 1. The summed E-state index contributed by atoms with van der Waals surface area (Å²) < 4.78 is 7.33. The van der Waals surface area contributed by atoms with Crippen molar-refractivity contribution in [2.45, 2.75) is 20.8 Å². The van der Waals surface area contributed by atoms with Crippen molar-refractivity contribution >= 4 is 28.9 Å². The minimum absolute atomic E-state index is 0.186. The van der Waals surface area contributed by atoms with Gasteiger partial charge in [-0.1, -0.05) is 17.7 Å². The van der Waals surface area contributed by atoms with Crippen LogP contribution in [0.5, 0.6) is 5.75 Å². The summed E-state index contributed by atoms with van der Waals surface area (Å²) in [7, 11) is 0. The van der Waals surface area contributed by atoms with E-state index in [1.807, 2.05) is 60.8 Å². The molecule has 0 fully saturated rings. The lowest BCUT2D eigenvalue weighted by molar-refractivity contribution is 0.474. The number of hydrogen-bond donors (Lipinski definition) is 1. The van der Waals surface area contributed by atoms with E-state index < -0.39 is 0 Å². The second kappa shape index (κ2) is 9.70. The first-order chi connectivity index (χ1) is 15.6. The van der Waals surface area contributed by atoms with Crippen LogP contribution >= 0.6 is 11.3 Å². The van der Waals surface area contributed by atoms with Crippen LogP contribution in [0.2, 0.25) is 0 Å². The summed E-state index contributed by atoms with van der Waals surface area (Å²) in [5.74, 6) is 0.885. The lowest BCUT2D eigenvalue weighted by atomic mass is 10.2. The van der Waals surface area contributed by atoms with Gasteiger partial charge in [-0.3, -0.25) is 0 Å². The molecule has 0 bridgehead atoms. The van der Waals surface area contributed by atoms with Gasteiger partial charge < -0.3 is 14.4 Å². The largest absolute Gasteiger partial charge is 0.507 e. The summed E-state index contributed by atoms with van der Waals surface area (Å²) >= 11 is 1.48. The zero-order valence-corrected chi connectivity index (χ0v) is 19.2. The first kappa shape index (κ1) is 21.6. The molecule has 0 unspecified atom stereocenters. The molecule has 0 aliphatic rings. The first-order valence-corrected chi connectivity index (χ1v) is 11.4. The summed E-state index contributed by atoms with van der Waals surface area (Å²) in [5.41, 5.74) is 4.44. The number of aryl methyl sites for hydroxylation is 1. The molecular weight excluding hydrogens is 420 g/mol. The van der Waals surface area contributed by atoms with Gasteiger partial charge in [-0.05, 0) is 57.2 Å². The molecule has 6 nitrogen and oxygen atoms in total. The van der Waals surface area contributed by atoms with Gasteiger partial charge in [-0.15, -0.1) is 11.3 Å². The van der Waals surface area contributed by atoms with Crippen LogP contribution in [0.25, 0.3) is 11.5 Å². The fourth-order valence-corrected chi connectivity index (χ4v) is 4.20. The molecule has 7 heteroatoms. The third kappa shape index (κ3) is 4.68. The highest BCUT2D eigenvalue weighted by molar-refractivity contribution is 7.07. The monoisotopic (exact) mass is 446 g/mol. The average Bonchev–Trinajstić information content (AvgIpc) is 3.46. The van der Waals surface area contributed by atoms with Crippen LogP contribution in [-0.2, 0) is 0 Å². The molecule has 0 saturated heterocycles. The number of thiazole rings is 1. The van der Waals surface area contributed by atoms with Crippen molar-refractivity contribution in [1.82, 2.24) is 4.68 Å². The number of nitrogens with zero attached hydrogens (tertiary/aromatic N) is 4. The number of anilines is 1. The van der Waals surface area contributed by atoms with Crippen molar-refractivity contribution in [3.05, 3.63) is 82.2 Å². The van der Waals surface area contributed by atoms with Crippen LogP contribution in [0, 0.1) is 6.92 Å². The number of hydrogen-bond acceptors (Lipinski definition) is 6. The van der Waals surface area contributed by atoms with Crippen LogP contribution in [-0.4, -0.2) is 29.1 Å². The molecule has 0 spiro atoms. The number of furan rings is 1. The summed E-state index contributed by atoms with van der Waals surface area (Å²) in [6.07, 6.45) is 3.28. The maximum absolute atomic E-state index is 10.6. The summed E-state index contributed by atoms with van der Waals surface area (Å²) in [6, 6.07) is 17.4. The van der Waals surface area contributed by atoms with E-state index in [0.717, 1.165) is 30.2 Å². The maximum Gasteiger partial charge on any atom is 0.211 e. The zero-order valence-electron chi connectivity index (χ0n) is 18.4. The molecule has 4 rings (SSSR count). The molecule has 0 aliphatic carbocycles. The predicted octanol–water partition coefficient (Wildman–Crippen LogP) is 5.78. The Morgan fingerprint density at radius 1 is 1.09 bits per heavy atom. The van der Waals surface area contributed by atoms with Gasteiger partial charge in [0.15, 0.2) is 5.76 Å². The second-order valence-corrected chi connectivity index (χ2v) is 8.14. The van der Waals surface area contributed by atoms with E-state index in [0.29, 0.717) is 16.1 Å². The van der Waals surface area contributed by atoms with E-state index in [1.54, 1.807) is 23.2 Å². The van der Waals surface area contributed by atoms with Crippen molar-refractivity contribution in [3.63, 3.8) is 0 Å². The third-order valence-corrected chi connectivity index (χ3v) is 5.99. The molecule has 1 N–H and O–H groups in total.